The Kier molecular flexibility index (Phi) is 3.47. The van der Waals surface area contributed by atoms with Gasteiger partial charge in [-0.1, -0.05) is 30.4 Å². The van der Waals surface area contributed by atoms with Gasteiger partial charge < -0.3 is 4.90 Å². The van der Waals surface area contributed by atoms with Crippen LogP contribution in [0, 0.1) is 0 Å². The van der Waals surface area contributed by atoms with Crippen LogP contribution in [-0.2, 0) is 4.79 Å². The van der Waals surface area contributed by atoms with Gasteiger partial charge in [0.1, 0.15) is 0 Å². The van der Waals surface area contributed by atoms with E-state index in [-0.39, 0.29) is 5.91 Å². The van der Waals surface area contributed by atoms with E-state index in [4.69, 9.17) is 0 Å². The van der Waals surface area contributed by atoms with Gasteiger partial charge in [0.25, 0.3) is 0 Å². The minimum absolute atomic E-state index is 0.0765. The second kappa shape index (κ2) is 4.42. The van der Waals surface area contributed by atoms with Gasteiger partial charge in [-0.25, -0.2) is 0 Å². The van der Waals surface area contributed by atoms with Gasteiger partial charge in [-0.15, -0.1) is 0 Å². The summed E-state index contributed by atoms with van der Waals surface area (Å²) >= 11 is 0. The van der Waals surface area contributed by atoms with E-state index >= 15 is 0 Å². The van der Waals surface area contributed by atoms with E-state index in [9.17, 15) is 4.79 Å². The van der Waals surface area contributed by atoms with Crippen molar-refractivity contribution >= 4 is 25.6 Å². The SMILES string of the molecule is CC(=O)N(C)c1cccc([SiH](C)C)c1. The minimum atomic E-state index is -0.767. The summed E-state index contributed by atoms with van der Waals surface area (Å²) in [6.45, 7) is 6.15. The third-order valence-electron chi connectivity index (χ3n) is 2.40. The third-order valence-corrected chi connectivity index (χ3v) is 4.09. The van der Waals surface area contributed by atoms with Crippen molar-refractivity contribution < 1.29 is 4.79 Å². The Morgan fingerprint density at radius 1 is 1.36 bits per heavy atom. The first kappa shape index (κ1) is 11.0. The topological polar surface area (TPSA) is 20.3 Å². The molecule has 0 atom stereocenters. The average Bonchev–Trinajstić information content (AvgIpc) is 2.16. The van der Waals surface area contributed by atoms with Gasteiger partial charge in [0.15, 0.2) is 0 Å². The maximum absolute atomic E-state index is 11.2. The molecule has 0 saturated carbocycles. The fraction of sp³-hybridized carbons (Fsp3) is 0.364. The molecule has 1 rings (SSSR count). The summed E-state index contributed by atoms with van der Waals surface area (Å²) in [5.41, 5.74) is 0.996. The quantitative estimate of drug-likeness (QED) is 0.671. The summed E-state index contributed by atoms with van der Waals surface area (Å²) in [6, 6.07) is 8.27. The lowest BCUT2D eigenvalue weighted by Crippen LogP contribution is -2.27. The molecule has 0 heterocycles. The van der Waals surface area contributed by atoms with Crippen molar-refractivity contribution in [2.24, 2.45) is 0 Å². The lowest BCUT2D eigenvalue weighted by molar-refractivity contribution is -0.116. The number of amides is 1. The highest BCUT2D eigenvalue weighted by Crippen LogP contribution is 2.10. The first-order valence-corrected chi connectivity index (χ1v) is 7.75. The van der Waals surface area contributed by atoms with Crippen molar-refractivity contribution in [2.45, 2.75) is 20.0 Å². The van der Waals surface area contributed by atoms with E-state index in [0.717, 1.165) is 5.69 Å². The molecule has 14 heavy (non-hydrogen) atoms. The fourth-order valence-corrected chi connectivity index (χ4v) is 2.27. The highest BCUT2D eigenvalue weighted by molar-refractivity contribution is 6.70. The number of carbonyl (C=O) groups excluding carboxylic acids is 1. The van der Waals surface area contributed by atoms with Crippen LogP contribution >= 0.6 is 0 Å². The molecular formula is C11H17NOSi. The normalized spacial score (nSPS) is 10.4. The Morgan fingerprint density at radius 2 is 2.00 bits per heavy atom. The summed E-state index contributed by atoms with van der Waals surface area (Å²) in [6.07, 6.45) is 0. The molecule has 0 aromatic heterocycles. The van der Waals surface area contributed by atoms with Crippen LogP contribution in [0.15, 0.2) is 24.3 Å². The van der Waals surface area contributed by atoms with E-state index in [0.29, 0.717) is 0 Å². The predicted molar refractivity (Wildman–Crippen MR) is 64.0 cm³/mol. The molecule has 0 aliphatic carbocycles. The lowest BCUT2D eigenvalue weighted by atomic mass is 10.3. The number of carbonyl (C=O) groups is 1. The molecule has 1 aromatic carbocycles. The van der Waals surface area contributed by atoms with Crippen LogP contribution in [0.4, 0.5) is 5.69 Å². The van der Waals surface area contributed by atoms with Crippen LogP contribution in [0.1, 0.15) is 6.92 Å². The Hall–Kier alpha value is -1.09. The van der Waals surface area contributed by atoms with Crippen LogP contribution in [0.5, 0.6) is 0 Å². The maximum Gasteiger partial charge on any atom is 0.223 e. The molecule has 0 saturated heterocycles. The van der Waals surface area contributed by atoms with Gasteiger partial charge in [-0.3, -0.25) is 4.79 Å². The maximum atomic E-state index is 11.2. The van der Waals surface area contributed by atoms with Crippen LogP contribution < -0.4 is 10.1 Å². The van der Waals surface area contributed by atoms with Crippen LogP contribution in [0.25, 0.3) is 0 Å². The highest BCUT2D eigenvalue weighted by atomic mass is 28.3. The van der Waals surface area contributed by atoms with E-state index in [1.807, 2.05) is 19.2 Å². The molecule has 3 heteroatoms. The first-order chi connectivity index (χ1) is 6.52. The zero-order valence-corrected chi connectivity index (χ0v) is 10.4. The van der Waals surface area contributed by atoms with Gasteiger partial charge in [-0.05, 0) is 12.1 Å². The molecule has 0 fully saturated rings. The van der Waals surface area contributed by atoms with Crippen molar-refractivity contribution in [2.75, 3.05) is 11.9 Å². The van der Waals surface area contributed by atoms with Crippen molar-refractivity contribution in [1.29, 1.82) is 0 Å². The summed E-state index contributed by atoms with van der Waals surface area (Å²) in [7, 11) is 1.04. The lowest BCUT2D eigenvalue weighted by Gasteiger charge is -2.16. The molecule has 0 unspecified atom stereocenters. The zero-order valence-electron chi connectivity index (χ0n) is 9.24. The summed E-state index contributed by atoms with van der Waals surface area (Å²) in [5, 5.41) is 1.40. The van der Waals surface area contributed by atoms with Crippen molar-refractivity contribution in [3.05, 3.63) is 24.3 Å². The van der Waals surface area contributed by atoms with Crippen LogP contribution in [0.3, 0.4) is 0 Å². The van der Waals surface area contributed by atoms with E-state index in [1.165, 1.54) is 5.19 Å². The Morgan fingerprint density at radius 3 is 2.50 bits per heavy atom. The Labute approximate surface area is 87.2 Å². The molecule has 76 valence electrons. The summed E-state index contributed by atoms with van der Waals surface area (Å²) in [4.78, 5) is 12.8. The molecule has 0 aliphatic heterocycles. The molecule has 0 spiro atoms. The van der Waals surface area contributed by atoms with Crippen molar-refractivity contribution in [3.63, 3.8) is 0 Å². The number of anilines is 1. The van der Waals surface area contributed by atoms with E-state index in [1.54, 1.807) is 11.8 Å². The number of rotatable bonds is 2. The second-order valence-electron chi connectivity index (χ2n) is 3.83. The summed E-state index contributed by atoms with van der Waals surface area (Å²) in [5.74, 6) is 0.0765. The van der Waals surface area contributed by atoms with E-state index in [2.05, 4.69) is 25.2 Å². The van der Waals surface area contributed by atoms with Crippen molar-refractivity contribution in [1.82, 2.24) is 0 Å². The first-order valence-electron chi connectivity index (χ1n) is 4.86. The molecule has 0 bridgehead atoms. The molecule has 0 radical (unpaired) electrons. The van der Waals surface area contributed by atoms with Crippen molar-refractivity contribution in [3.8, 4) is 0 Å². The zero-order chi connectivity index (χ0) is 10.7. The summed E-state index contributed by atoms with van der Waals surface area (Å²) < 4.78 is 0. The Bertz CT molecular complexity index is 336. The highest BCUT2D eigenvalue weighted by Gasteiger charge is 2.07. The second-order valence-corrected chi connectivity index (χ2v) is 6.80. The minimum Gasteiger partial charge on any atom is -0.316 e. The third kappa shape index (κ3) is 2.45. The standard InChI is InChI=1S/C11H17NOSi/c1-9(13)12(2)10-6-5-7-11(8-10)14(3)4/h5-8,14H,1-4H3. The van der Waals surface area contributed by atoms with E-state index < -0.39 is 8.80 Å². The molecule has 2 nitrogen and oxygen atoms in total. The van der Waals surface area contributed by atoms with Gasteiger partial charge in [0.2, 0.25) is 5.91 Å². The smallest absolute Gasteiger partial charge is 0.223 e. The largest absolute Gasteiger partial charge is 0.316 e. The molecular weight excluding hydrogens is 190 g/mol. The number of hydrogen-bond acceptors (Lipinski definition) is 1. The van der Waals surface area contributed by atoms with Gasteiger partial charge >= 0.3 is 0 Å². The van der Waals surface area contributed by atoms with Gasteiger partial charge in [-0.2, -0.15) is 0 Å². The molecule has 0 aliphatic rings. The Balaban J connectivity index is 2.99. The molecule has 0 N–H and O–H groups in total. The van der Waals surface area contributed by atoms with Gasteiger partial charge in [0, 0.05) is 19.7 Å². The number of benzene rings is 1. The molecule has 1 aromatic rings. The number of nitrogens with zero attached hydrogens (tertiary/aromatic N) is 1. The van der Waals surface area contributed by atoms with Crippen LogP contribution in [0.2, 0.25) is 13.1 Å². The van der Waals surface area contributed by atoms with Gasteiger partial charge in [0.05, 0.1) is 8.80 Å². The molecule has 1 amide bonds. The predicted octanol–water partition coefficient (Wildman–Crippen LogP) is 1.36. The number of hydrogen-bond donors (Lipinski definition) is 0. The average molecular weight is 207 g/mol. The monoisotopic (exact) mass is 207 g/mol. The van der Waals surface area contributed by atoms with Crippen LogP contribution in [-0.4, -0.2) is 21.8 Å². The fourth-order valence-electron chi connectivity index (χ4n) is 1.27.